The van der Waals surface area contributed by atoms with Gasteiger partial charge in [0.2, 0.25) is 0 Å². The van der Waals surface area contributed by atoms with Gasteiger partial charge < -0.3 is 5.11 Å². The van der Waals surface area contributed by atoms with Gasteiger partial charge in [-0.3, -0.25) is 9.48 Å². The Morgan fingerprint density at radius 1 is 1.85 bits per heavy atom. The third-order valence-corrected chi connectivity index (χ3v) is 2.91. The maximum atomic E-state index is 10.7. The van der Waals surface area contributed by atoms with Crippen LogP contribution < -0.4 is 0 Å². The largest absolute Gasteiger partial charge is 0.480 e. The fourth-order valence-corrected chi connectivity index (χ4v) is 1.85. The van der Waals surface area contributed by atoms with Crippen LogP contribution >= 0.6 is 11.8 Å². The topological polar surface area (TPSA) is 55.1 Å². The Hall–Kier alpha value is -0.970. The zero-order chi connectivity index (χ0) is 9.84. The first kappa shape index (κ1) is 10.1. The van der Waals surface area contributed by atoms with Crippen molar-refractivity contribution in [3.63, 3.8) is 0 Å². The van der Waals surface area contributed by atoms with E-state index in [1.807, 2.05) is 20.2 Å². The molecule has 1 N–H and O–H groups in total. The summed E-state index contributed by atoms with van der Waals surface area (Å²) in [6, 6.07) is 0. The number of aromatic nitrogens is 2. The number of hydrogen-bond acceptors (Lipinski definition) is 3. The highest BCUT2D eigenvalue weighted by Gasteiger charge is 2.16. The Morgan fingerprint density at radius 3 is 2.92 bits per heavy atom. The molecule has 0 aliphatic carbocycles. The monoisotopic (exact) mass is 200 g/mol. The summed E-state index contributed by atoms with van der Waals surface area (Å²) < 4.78 is 1.66. The summed E-state index contributed by atoms with van der Waals surface area (Å²) in [6.07, 6.45) is 4.11. The van der Waals surface area contributed by atoms with E-state index in [0.29, 0.717) is 6.42 Å². The molecule has 0 amide bonds. The number of carboxylic acids is 1. The number of rotatable bonds is 4. The van der Waals surface area contributed by atoms with Crippen LogP contribution in [0.2, 0.25) is 0 Å². The highest BCUT2D eigenvalue weighted by molar-refractivity contribution is 8.00. The van der Waals surface area contributed by atoms with Gasteiger partial charge in [0, 0.05) is 18.1 Å². The highest BCUT2D eigenvalue weighted by atomic mass is 32.2. The molecule has 0 aromatic carbocycles. The van der Waals surface area contributed by atoms with Gasteiger partial charge in [-0.15, -0.1) is 11.8 Å². The lowest BCUT2D eigenvalue weighted by molar-refractivity contribution is -0.136. The molecular formula is C8H12N2O2S. The molecule has 0 bridgehead atoms. The van der Waals surface area contributed by atoms with E-state index in [4.69, 9.17) is 5.11 Å². The fourth-order valence-electron chi connectivity index (χ4n) is 0.932. The Kier molecular flexibility index (Phi) is 3.36. The molecule has 5 heteroatoms. The summed E-state index contributed by atoms with van der Waals surface area (Å²) in [6.45, 7) is 1.86. The standard InChI is InChI=1S/C8H12N2O2S/c1-3-7(8(11)12)13-6-4-9-10(2)5-6/h4-5,7H,3H2,1-2H3,(H,11,12). The van der Waals surface area contributed by atoms with E-state index < -0.39 is 5.97 Å². The predicted octanol–water partition coefficient (Wildman–Crippen LogP) is 1.38. The molecule has 0 aliphatic heterocycles. The van der Waals surface area contributed by atoms with Crippen LogP contribution in [-0.2, 0) is 11.8 Å². The first-order chi connectivity index (χ1) is 6.13. The van der Waals surface area contributed by atoms with Gasteiger partial charge in [0.15, 0.2) is 0 Å². The van der Waals surface area contributed by atoms with Crippen LogP contribution in [0.3, 0.4) is 0 Å². The van der Waals surface area contributed by atoms with Crippen molar-refractivity contribution in [2.75, 3.05) is 0 Å². The van der Waals surface area contributed by atoms with Crippen LogP contribution in [0.5, 0.6) is 0 Å². The number of hydrogen-bond donors (Lipinski definition) is 1. The molecule has 1 aromatic rings. The van der Waals surface area contributed by atoms with E-state index in [1.54, 1.807) is 10.9 Å². The zero-order valence-corrected chi connectivity index (χ0v) is 8.41. The second-order valence-electron chi connectivity index (χ2n) is 2.70. The highest BCUT2D eigenvalue weighted by Crippen LogP contribution is 2.24. The van der Waals surface area contributed by atoms with Gasteiger partial charge >= 0.3 is 5.97 Å². The molecule has 1 unspecified atom stereocenters. The van der Waals surface area contributed by atoms with Gasteiger partial charge in [-0.1, -0.05) is 6.92 Å². The van der Waals surface area contributed by atoms with Gasteiger partial charge in [-0.25, -0.2) is 0 Å². The SMILES string of the molecule is CCC(Sc1cnn(C)c1)C(=O)O. The number of aliphatic carboxylic acids is 1. The van der Waals surface area contributed by atoms with Gasteiger partial charge in [0.25, 0.3) is 0 Å². The number of carbonyl (C=O) groups is 1. The van der Waals surface area contributed by atoms with E-state index in [2.05, 4.69) is 5.10 Å². The molecule has 1 rings (SSSR count). The molecule has 4 nitrogen and oxygen atoms in total. The average molecular weight is 200 g/mol. The van der Waals surface area contributed by atoms with E-state index in [9.17, 15) is 4.79 Å². The summed E-state index contributed by atoms with van der Waals surface area (Å²) >= 11 is 1.33. The van der Waals surface area contributed by atoms with E-state index in [1.165, 1.54) is 11.8 Å². The fraction of sp³-hybridized carbons (Fsp3) is 0.500. The number of nitrogens with zero attached hydrogens (tertiary/aromatic N) is 2. The summed E-state index contributed by atoms with van der Waals surface area (Å²) in [7, 11) is 1.81. The maximum Gasteiger partial charge on any atom is 0.316 e. The van der Waals surface area contributed by atoms with Crippen molar-refractivity contribution in [3.8, 4) is 0 Å². The Bertz CT molecular complexity index is 298. The van der Waals surface area contributed by atoms with Crippen LogP contribution in [0, 0.1) is 0 Å². The molecule has 0 spiro atoms. The van der Waals surface area contributed by atoms with Crippen LogP contribution in [0.15, 0.2) is 17.3 Å². The van der Waals surface area contributed by atoms with Gasteiger partial charge in [-0.05, 0) is 6.42 Å². The smallest absolute Gasteiger partial charge is 0.316 e. The minimum Gasteiger partial charge on any atom is -0.480 e. The second-order valence-corrected chi connectivity index (χ2v) is 3.98. The van der Waals surface area contributed by atoms with Crippen molar-refractivity contribution in [1.82, 2.24) is 9.78 Å². The van der Waals surface area contributed by atoms with Gasteiger partial charge in [0.05, 0.1) is 6.20 Å². The summed E-state index contributed by atoms with van der Waals surface area (Å²) in [5.74, 6) is -0.767. The van der Waals surface area contributed by atoms with Crippen molar-refractivity contribution < 1.29 is 9.90 Å². The molecule has 0 aliphatic rings. The molecule has 0 saturated heterocycles. The minimum atomic E-state index is -0.767. The minimum absolute atomic E-state index is 0.371. The van der Waals surface area contributed by atoms with Crippen molar-refractivity contribution in [2.45, 2.75) is 23.5 Å². The first-order valence-corrected chi connectivity index (χ1v) is 4.89. The maximum absolute atomic E-state index is 10.7. The third-order valence-electron chi connectivity index (χ3n) is 1.61. The lowest BCUT2D eigenvalue weighted by atomic mass is 10.3. The van der Waals surface area contributed by atoms with Gasteiger partial charge in [-0.2, -0.15) is 5.10 Å². The van der Waals surface area contributed by atoms with Crippen molar-refractivity contribution in [1.29, 1.82) is 0 Å². The van der Waals surface area contributed by atoms with Gasteiger partial charge in [0.1, 0.15) is 5.25 Å². The lowest BCUT2D eigenvalue weighted by Crippen LogP contribution is -2.14. The van der Waals surface area contributed by atoms with E-state index in [0.717, 1.165) is 4.90 Å². The molecule has 0 saturated carbocycles. The number of carboxylic acid groups (broad SMARTS) is 1. The summed E-state index contributed by atoms with van der Waals surface area (Å²) in [5, 5.41) is 12.4. The molecule has 0 fully saturated rings. The zero-order valence-electron chi connectivity index (χ0n) is 7.60. The quantitative estimate of drug-likeness (QED) is 0.746. The third kappa shape index (κ3) is 2.77. The van der Waals surface area contributed by atoms with Crippen molar-refractivity contribution in [2.24, 2.45) is 7.05 Å². The summed E-state index contributed by atoms with van der Waals surface area (Å²) in [4.78, 5) is 11.6. The van der Waals surface area contributed by atoms with Crippen molar-refractivity contribution >= 4 is 17.7 Å². The summed E-state index contributed by atoms with van der Waals surface area (Å²) in [5.41, 5.74) is 0. The normalized spacial score (nSPS) is 12.8. The second kappa shape index (κ2) is 4.32. The molecule has 1 atom stereocenters. The number of thioether (sulfide) groups is 1. The lowest BCUT2D eigenvalue weighted by Gasteiger charge is -2.06. The van der Waals surface area contributed by atoms with Crippen molar-refractivity contribution in [3.05, 3.63) is 12.4 Å². The Balaban J connectivity index is 2.61. The Morgan fingerprint density at radius 2 is 2.54 bits per heavy atom. The molecule has 0 radical (unpaired) electrons. The van der Waals surface area contributed by atoms with Crippen LogP contribution in [0.1, 0.15) is 13.3 Å². The number of aryl methyl sites for hydroxylation is 1. The van der Waals surface area contributed by atoms with E-state index in [-0.39, 0.29) is 5.25 Å². The Labute approximate surface area is 80.9 Å². The van der Waals surface area contributed by atoms with E-state index >= 15 is 0 Å². The van der Waals surface area contributed by atoms with Crippen LogP contribution in [0.4, 0.5) is 0 Å². The first-order valence-electron chi connectivity index (χ1n) is 4.01. The molecule has 72 valence electrons. The predicted molar refractivity (Wildman–Crippen MR) is 50.8 cm³/mol. The molecule has 1 aromatic heterocycles. The molecule has 13 heavy (non-hydrogen) atoms. The average Bonchev–Trinajstić information content (AvgIpc) is 2.46. The molecular weight excluding hydrogens is 188 g/mol. The molecule has 1 heterocycles. The van der Waals surface area contributed by atoms with Crippen LogP contribution in [-0.4, -0.2) is 26.1 Å². The van der Waals surface area contributed by atoms with Crippen LogP contribution in [0.25, 0.3) is 0 Å².